The molecule has 2 aromatic rings. The van der Waals surface area contributed by atoms with E-state index in [1.165, 1.54) is 5.56 Å². The zero-order valence-electron chi connectivity index (χ0n) is 8.58. The van der Waals surface area contributed by atoms with Gasteiger partial charge in [-0.05, 0) is 17.5 Å². The van der Waals surface area contributed by atoms with Crippen molar-refractivity contribution in [2.24, 2.45) is 7.05 Å². The summed E-state index contributed by atoms with van der Waals surface area (Å²) in [7, 11) is 1.91. The summed E-state index contributed by atoms with van der Waals surface area (Å²) in [6.45, 7) is 4.28. The molecule has 0 fully saturated rings. The van der Waals surface area contributed by atoms with Crippen LogP contribution in [0.1, 0.15) is 25.3 Å². The van der Waals surface area contributed by atoms with Crippen molar-refractivity contribution in [1.29, 1.82) is 0 Å². The van der Waals surface area contributed by atoms with Crippen LogP contribution in [0.3, 0.4) is 0 Å². The van der Waals surface area contributed by atoms with Gasteiger partial charge in [-0.25, -0.2) is 0 Å². The van der Waals surface area contributed by atoms with Gasteiger partial charge in [0.25, 0.3) is 0 Å². The highest BCUT2D eigenvalue weighted by atomic mass is 35.5. The molecule has 1 aromatic carbocycles. The van der Waals surface area contributed by atoms with Gasteiger partial charge in [-0.2, -0.15) is 5.10 Å². The second-order valence-electron chi connectivity index (χ2n) is 3.86. The molecular weight excluding hydrogens is 196 g/mol. The maximum atomic E-state index is 6.30. The summed E-state index contributed by atoms with van der Waals surface area (Å²) in [5.41, 5.74) is 2.15. The first-order valence-corrected chi connectivity index (χ1v) is 5.09. The lowest BCUT2D eigenvalue weighted by Crippen LogP contribution is -1.88. The maximum Gasteiger partial charge on any atom is 0.0938 e. The standard InChI is InChI=1S/C11H13ClN2/c1-7(2)8-4-5-10-9(11(8)12)6-14(3)13-10/h4-7H,1-3H3. The lowest BCUT2D eigenvalue weighted by Gasteiger charge is -2.07. The van der Waals surface area contributed by atoms with E-state index in [-0.39, 0.29) is 0 Å². The van der Waals surface area contributed by atoms with Gasteiger partial charge in [0, 0.05) is 18.6 Å². The van der Waals surface area contributed by atoms with Crippen LogP contribution < -0.4 is 0 Å². The number of nitrogens with zero attached hydrogens (tertiary/aromatic N) is 2. The van der Waals surface area contributed by atoms with Gasteiger partial charge >= 0.3 is 0 Å². The van der Waals surface area contributed by atoms with Crippen LogP contribution in [-0.2, 0) is 7.05 Å². The summed E-state index contributed by atoms with van der Waals surface area (Å²) < 4.78 is 1.79. The summed E-state index contributed by atoms with van der Waals surface area (Å²) in [5.74, 6) is 0.451. The largest absolute Gasteiger partial charge is 0.275 e. The van der Waals surface area contributed by atoms with Crippen molar-refractivity contribution in [2.75, 3.05) is 0 Å². The predicted octanol–water partition coefficient (Wildman–Crippen LogP) is 3.35. The molecular formula is C11H13ClN2. The van der Waals surface area contributed by atoms with E-state index in [9.17, 15) is 0 Å². The molecule has 0 bridgehead atoms. The van der Waals surface area contributed by atoms with Crippen molar-refractivity contribution in [3.63, 3.8) is 0 Å². The van der Waals surface area contributed by atoms with Gasteiger partial charge in [0.05, 0.1) is 10.5 Å². The van der Waals surface area contributed by atoms with Crippen LogP contribution in [0.2, 0.25) is 5.02 Å². The highest BCUT2D eigenvalue weighted by molar-refractivity contribution is 6.36. The molecule has 0 N–H and O–H groups in total. The average molecular weight is 209 g/mol. The Labute approximate surface area is 88.5 Å². The molecule has 0 spiro atoms. The minimum Gasteiger partial charge on any atom is -0.275 e. The van der Waals surface area contributed by atoms with Crippen molar-refractivity contribution in [3.05, 3.63) is 28.9 Å². The Morgan fingerprint density at radius 3 is 2.71 bits per heavy atom. The SMILES string of the molecule is CC(C)c1ccc2nn(C)cc2c1Cl. The fourth-order valence-corrected chi connectivity index (χ4v) is 2.07. The molecule has 1 aromatic heterocycles. The first-order valence-electron chi connectivity index (χ1n) is 4.71. The van der Waals surface area contributed by atoms with Gasteiger partial charge in [0.2, 0.25) is 0 Å². The number of aryl methyl sites for hydroxylation is 1. The molecule has 0 radical (unpaired) electrons. The van der Waals surface area contributed by atoms with Crippen molar-refractivity contribution in [2.45, 2.75) is 19.8 Å². The van der Waals surface area contributed by atoms with Crippen molar-refractivity contribution >= 4 is 22.5 Å². The van der Waals surface area contributed by atoms with Gasteiger partial charge in [-0.3, -0.25) is 4.68 Å². The highest BCUT2D eigenvalue weighted by Crippen LogP contribution is 2.30. The molecule has 74 valence electrons. The Morgan fingerprint density at radius 2 is 2.07 bits per heavy atom. The van der Waals surface area contributed by atoms with Crippen molar-refractivity contribution < 1.29 is 0 Å². The van der Waals surface area contributed by atoms with Gasteiger partial charge in [-0.15, -0.1) is 0 Å². The number of hydrogen-bond acceptors (Lipinski definition) is 1. The van der Waals surface area contributed by atoms with E-state index >= 15 is 0 Å². The monoisotopic (exact) mass is 208 g/mol. The molecule has 0 saturated carbocycles. The van der Waals surface area contributed by atoms with E-state index in [0.717, 1.165) is 15.9 Å². The molecule has 2 rings (SSSR count). The van der Waals surface area contributed by atoms with E-state index < -0.39 is 0 Å². The molecule has 0 unspecified atom stereocenters. The van der Waals surface area contributed by atoms with Crippen LogP contribution in [0.4, 0.5) is 0 Å². The van der Waals surface area contributed by atoms with E-state index in [2.05, 4.69) is 25.0 Å². The van der Waals surface area contributed by atoms with Gasteiger partial charge in [-0.1, -0.05) is 31.5 Å². The van der Waals surface area contributed by atoms with Crippen LogP contribution in [0.25, 0.3) is 10.9 Å². The van der Waals surface area contributed by atoms with Crippen LogP contribution in [-0.4, -0.2) is 9.78 Å². The smallest absolute Gasteiger partial charge is 0.0938 e. The number of aromatic nitrogens is 2. The van der Waals surface area contributed by atoms with Gasteiger partial charge in [0.15, 0.2) is 0 Å². The zero-order chi connectivity index (χ0) is 10.3. The first-order chi connectivity index (χ1) is 6.59. The fourth-order valence-electron chi connectivity index (χ4n) is 1.64. The minimum absolute atomic E-state index is 0.451. The average Bonchev–Trinajstić information content (AvgIpc) is 2.46. The highest BCUT2D eigenvalue weighted by Gasteiger charge is 2.10. The Morgan fingerprint density at radius 1 is 1.36 bits per heavy atom. The van der Waals surface area contributed by atoms with Crippen LogP contribution in [0.15, 0.2) is 18.3 Å². The van der Waals surface area contributed by atoms with E-state index in [4.69, 9.17) is 11.6 Å². The maximum absolute atomic E-state index is 6.30. The molecule has 2 nitrogen and oxygen atoms in total. The summed E-state index contributed by atoms with van der Waals surface area (Å²) in [4.78, 5) is 0. The molecule has 0 aliphatic heterocycles. The molecule has 0 aliphatic rings. The van der Waals surface area contributed by atoms with Crippen molar-refractivity contribution in [1.82, 2.24) is 9.78 Å². The molecule has 1 heterocycles. The number of rotatable bonds is 1. The molecule has 0 atom stereocenters. The van der Waals surface area contributed by atoms with Gasteiger partial charge in [0.1, 0.15) is 0 Å². The minimum atomic E-state index is 0.451. The van der Waals surface area contributed by atoms with Crippen LogP contribution in [0.5, 0.6) is 0 Å². The molecule has 0 saturated heterocycles. The summed E-state index contributed by atoms with van der Waals surface area (Å²) >= 11 is 6.30. The molecule has 14 heavy (non-hydrogen) atoms. The molecule has 0 amide bonds. The number of benzene rings is 1. The lowest BCUT2D eigenvalue weighted by molar-refractivity contribution is 0.780. The van der Waals surface area contributed by atoms with Crippen molar-refractivity contribution in [3.8, 4) is 0 Å². The van der Waals surface area contributed by atoms with E-state index in [0.29, 0.717) is 5.92 Å². The summed E-state index contributed by atoms with van der Waals surface area (Å²) in [6, 6.07) is 4.08. The second kappa shape index (κ2) is 3.28. The lowest BCUT2D eigenvalue weighted by atomic mass is 10.0. The topological polar surface area (TPSA) is 17.8 Å². The summed E-state index contributed by atoms with van der Waals surface area (Å²) in [6.07, 6.45) is 1.96. The normalized spacial score (nSPS) is 11.5. The third-order valence-corrected chi connectivity index (χ3v) is 2.81. The third kappa shape index (κ3) is 1.40. The molecule has 3 heteroatoms. The summed E-state index contributed by atoms with van der Waals surface area (Å²) in [5, 5.41) is 6.19. The number of hydrogen-bond donors (Lipinski definition) is 0. The first kappa shape index (κ1) is 9.53. The second-order valence-corrected chi connectivity index (χ2v) is 4.24. The van der Waals surface area contributed by atoms with E-state index in [1.807, 2.05) is 19.3 Å². The Balaban J connectivity index is 2.74. The van der Waals surface area contributed by atoms with Crippen LogP contribution >= 0.6 is 11.6 Å². The van der Waals surface area contributed by atoms with E-state index in [1.54, 1.807) is 4.68 Å². The zero-order valence-corrected chi connectivity index (χ0v) is 9.34. The Bertz CT molecular complexity index is 471. The number of halogens is 1. The Hall–Kier alpha value is -1.02. The third-order valence-electron chi connectivity index (χ3n) is 2.39. The fraction of sp³-hybridized carbons (Fsp3) is 0.364. The molecule has 0 aliphatic carbocycles. The predicted molar refractivity (Wildman–Crippen MR) is 59.8 cm³/mol. The Kier molecular flexibility index (Phi) is 2.23. The van der Waals surface area contributed by atoms with Gasteiger partial charge < -0.3 is 0 Å². The van der Waals surface area contributed by atoms with Crippen LogP contribution in [0, 0.1) is 0 Å². The number of fused-ring (bicyclic) bond motifs is 1. The quantitative estimate of drug-likeness (QED) is 0.703.